The lowest BCUT2D eigenvalue weighted by atomic mass is 9.97. The Balaban J connectivity index is 2.34. The van der Waals surface area contributed by atoms with E-state index in [1.165, 1.54) is 0 Å². The molecule has 0 aromatic rings. The number of carbonyl (C=O) groups is 2. The van der Waals surface area contributed by atoms with Gasteiger partial charge in [-0.2, -0.15) is 0 Å². The van der Waals surface area contributed by atoms with Gasteiger partial charge < -0.3 is 15.3 Å². The summed E-state index contributed by atoms with van der Waals surface area (Å²) in [6, 6.07) is 0.186. The Morgan fingerprint density at radius 1 is 1.41 bits per heavy atom. The monoisotopic (exact) mass is 242 g/mol. The van der Waals surface area contributed by atoms with E-state index in [0.29, 0.717) is 18.4 Å². The predicted octanol–water partition coefficient (Wildman–Crippen LogP) is 1.54. The standard InChI is InChI=1S/C12H22N2O3/c1-8(2)6-9(11(15)16)7-13-12(17)14(3)10-4-5-10/h8-10H,4-7H2,1-3H3,(H,13,17)(H,15,16). The molecule has 0 aromatic heterocycles. The summed E-state index contributed by atoms with van der Waals surface area (Å²) in [4.78, 5) is 24.3. The van der Waals surface area contributed by atoms with Gasteiger partial charge in [-0.25, -0.2) is 4.79 Å². The molecule has 1 rings (SSSR count). The van der Waals surface area contributed by atoms with Gasteiger partial charge in [0.15, 0.2) is 0 Å². The number of carboxylic acids is 1. The van der Waals surface area contributed by atoms with Crippen LogP contribution < -0.4 is 5.32 Å². The van der Waals surface area contributed by atoms with Crippen molar-refractivity contribution in [2.24, 2.45) is 11.8 Å². The number of rotatable bonds is 6. The summed E-state index contributed by atoms with van der Waals surface area (Å²) < 4.78 is 0. The molecule has 0 aromatic carbocycles. The van der Waals surface area contributed by atoms with Gasteiger partial charge in [0.25, 0.3) is 0 Å². The highest BCUT2D eigenvalue weighted by molar-refractivity contribution is 5.76. The third-order valence-electron chi connectivity index (χ3n) is 3.02. The van der Waals surface area contributed by atoms with Gasteiger partial charge in [0.05, 0.1) is 5.92 Å². The summed E-state index contributed by atoms with van der Waals surface area (Å²) in [7, 11) is 1.76. The molecule has 1 saturated carbocycles. The van der Waals surface area contributed by atoms with Gasteiger partial charge >= 0.3 is 12.0 Å². The van der Waals surface area contributed by atoms with Crippen LogP contribution in [0.1, 0.15) is 33.1 Å². The molecule has 2 amide bonds. The molecule has 0 heterocycles. The third-order valence-corrected chi connectivity index (χ3v) is 3.02. The zero-order valence-corrected chi connectivity index (χ0v) is 10.8. The van der Waals surface area contributed by atoms with E-state index in [1.807, 2.05) is 13.8 Å². The van der Waals surface area contributed by atoms with Crippen molar-refractivity contribution < 1.29 is 14.7 Å². The largest absolute Gasteiger partial charge is 0.481 e. The van der Waals surface area contributed by atoms with Crippen LogP contribution in [-0.4, -0.2) is 41.6 Å². The molecule has 1 aliphatic carbocycles. The molecular formula is C12H22N2O3. The second-order valence-electron chi connectivity index (χ2n) is 5.19. The average molecular weight is 242 g/mol. The summed E-state index contributed by atoms with van der Waals surface area (Å²) in [5, 5.41) is 11.7. The first-order chi connectivity index (χ1) is 7.91. The first-order valence-electron chi connectivity index (χ1n) is 6.15. The van der Waals surface area contributed by atoms with Crippen molar-refractivity contribution in [3.8, 4) is 0 Å². The maximum absolute atomic E-state index is 11.7. The van der Waals surface area contributed by atoms with E-state index in [9.17, 15) is 9.59 Å². The Hall–Kier alpha value is -1.26. The molecule has 0 bridgehead atoms. The van der Waals surface area contributed by atoms with Crippen LogP contribution in [0.25, 0.3) is 0 Å². The number of amides is 2. The molecule has 0 spiro atoms. The molecule has 1 unspecified atom stereocenters. The molecule has 1 aliphatic rings. The van der Waals surface area contributed by atoms with Gasteiger partial charge in [0, 0.05) is 19.6 Å². The SMILES string of the molecule is CC(C)CC(CNC(=O)N(C)C1CC1)C(=O)O. The van der Waals surface area contributed by atoms with Gasteiger partial charge in [-0.05, 0) is 25.2 Å². The van der Waals surface area contributed by atoms with Crippen LogP contribution in [0.15, 0.2) is 0 Å². The summed E-state index contributed by atoms with van der Waals surface area (Å²) in [5.41, 5.74) is 0. The van der Waals surface area contributed by atoms with Crippen LogP contribution in [-0.2, 0) is 4.79 Å². The molecule has 0 saturated heterocycles. The summed E-state index contributed by atoms with van der Waals surface area (Å²) in [6.07, 6.45) is 2.69. The van der Waals surface area contributed by atoms with E-state index < -0.39 is 11.9 Å². The fraction of sp³-hybridized carbons (Fsp3) is 0.833. The van der Waals surface area contributed by atoms with Crippen molar-refractivity contribution in [3.63, 3.8) is 0 Å². The fourth-order valence-electron chi connectivity index (χ4n) is 1.80. The zero-order chi connectivity index (χ0) is 13.0. The summed E-state index contributed by atoms with van der Waals surface area (Å²) in [6.45, 7) is 4.17. The molecular weight excluding hydrogens is 220 g/mol. The minimum absolute atomic E-state index is 0.164. The zero-order valence-electron chi connectivity index (χ0n) is 10.8. The van der Waals surface area contributed by atoms with Crippen molar-refractivity contribution in [3.05, 3.63) is 0 Å². The number of carboxylic acid groups (broad SMARTS) is 1. The van der Waals surface area contributed by atoms with E-state index in [4.69, 9.17) is 5.11 Å². The second-order valence-corrected chi connectivity index (χ2v) is 5.19. The molecule has 2 N–H and O–H groups in total. The third kappa shape index (κ3) is 4.63. The molecule has 5 nitrogen and oxygen atoms in total. The van der Waals surface area contributed by atoms with Crippen molar-refractivity contribution in [1.82, 2.24) is 10.2 Å². The minimum atomic E-state index is -0.840. The number of hydrogen-bond donors (Lipinski definition) is 2. The van der Waals surface area contributed by atoms with Crippen LogP contribution in [0.4, 0.5) is 4.79 Å². The Morgan fingerprint density at radius 2 is 2.00 bits per heavy atom. The molecule has 0 radical (unpaired) electrons. The normalized spacial score (nSPS) is 16.7. The highest BCUT2D eigenvalue weighted by Gasteiger charge is 2.30. The van der Waals surface area contributed by atoms with E-state index >= 15 is 0 Å². The van der Waals surface area contributed by atoms with Gasteiger partial charge in [-0.3, -0.25) is 4.79 Å². The smallest absolute Gasteiger partial charge is 0.317 e. The number of aliphatic carboxylic acids is 1. The molecule has 1 atom stereocenters. The molecule has 0 aliphatic heterocycles. The molecule has 5 heteroatoms. The van der Waals surface area contributed by atoms with E-state index in [-0.39, 0.29) is 12.6 Å². The Bertz CT molecular complexity index is 287. The van der Waals surface area contributed by atoms with Crippen molar-refractivity contribution in [2.45, 2.75) is 39.2 Å². The van der Waals surface area contributed by atoms with E-state index in [2.05, 4.69) is 5.32 Å². The Labute approximate surface area is 102 Å². The maximum atomic E-state index is 11.7. The number of carbonyl (C=O) groups excluding carboxylic acids is 1. The van der Waals surface area contributed by atoms with Gasteiger partial charge in [-0.1, -0.05) is 13.8 Å². The van der Waals surface area contributed by atoms with Crippen LogP contribution in [0, 0.1) is 11.8 Å². The quantitative estimate of drug-likeness (QED) is 0.742. The van der Waals surface area contributed by atoms with Crippen molar-refractivity contribution in [1.29, 1.82) is 0 Å². The molecule has 98 valence electrons. The number of nitrogens with zero attached hydrogens (tertiary/aromatic N) is 1. The summed E-state index contributed by atoms with van der Waals surface area (Å²) in [5.74, 6) is -1.02. The number of hydrogen-bond acceptors (Lipinski definition) is 2. The number of nitrogens with one attached hydrogen (secondary N) is 1. The van der Waals surface area contributed by atoms with Crippen LogP contribution in [0.2, 0.25) is 0 Å². The lowest BCUT2D eigenvalue weighted by Crippen LogP contribution is -2.42. The van der Waals surface area contributed by atoms with Crippen LogP contribution in [0.3, 0.4) is 0 Å². The minimum Gasteiger partial charge on any atom is -0.481 e. The lowest BCUT2D eigenvalue weighted by Gasteiger charge is -2.20. The van der Waals surface area contributed by atoms with E-state index in [0.717, 1.165) is 12.8 Å². The maximum Gasteiger partial charge on any atom is 0.317 e. The van der Waals surface area contributed by atoms with Crippen molar-refractivity contribution >= 4 is 12.0 Å². The van der Waals surface area contributed by atoms with Crippen LogP contribution >= 0.6 is 0 Å². The highest BCUT2D eigenvalue weighted by Crippen LogP contribution is 2.25. The first-order valence-corrected chi connectivity index (χ1v) is 6.15. The molecule has 1 fully saturated rings. The predicted molar refractivity (Wildman–Crippen MR) is 64.8 cm³/mol. The topological polar surface area (TPSA) is 69.6 Å². The van der Waals surface area contributed by atoms with Crippen molar-refractivity contribution in [2.75, 3.05) is 13.6 Å². The Kier molecular flexibility index (Phi) is 4.78. The number of urea groups is 1. The fourth-order valence-corrected chi connectivity index (χ4v) is 1.80. The first kappa shape index (κ1) is 13.8. The second kappa shape index (κ2) is 5.89. The average Bonchev–Trinajstić information content (AvgIpc) is 3.05. The van der Waals surface area contributed by atoms with E-state index in [1.54, 1.807) is 11.9 Å². The summed E-state index contributed by atoms with van der Waals surface area (Å²) >= 11 is 0. The molecule has 17 heavy (non-hydrogen) atoms. The van der Waals surface area contributed by atoms with Gasteiger partial charge in [0.1, 0.15) is 0 Å². The lowest BCUT2D eigenvalue weighted by molar-refractivity contribution is -0.142. The van der Waals surface area contributed by atoms with Gasteiger partial charge in [0.2, 0.25) is 0 Å². The highest BCUT2D eigenvalue weighted by atomic mass is 16.4. The Morgan fingerprint density at radius 3 is 2.41 bits per heavy atom. The van der Waals surface area contributed by atoms with Gasteiger partial charge in [-0.15, -0.1) is 0 Å². The van der Waals surface area contributed by atoms with Crippen LogP contribution in [0.5, 0.6) is 0 Å².